The molecule has 0 saturated heterocycles. The van der Waals surface area contributed by atoms with Crippen molar-refractivity contribution in [2.75, 3.05) is 6.54 Å². The average Bonchev–Trinajstić information content (AvgIpc) is 2.82. The van der Waals surface area contributed by atoms with Crippen LogP contribution in [0.15, 0.2) is 36.7 Å². The van der Waals surface area contributed by atoms with Gasteiger partial charge in [-0.3, -0.25) is 0 Å². The number of nitrogens with one attached hydrogen (secondary N) is 1. The van der Waals surface area contributed by atoms with Crippen molar-refractivity contribution in [1.82, 2.24) is 15.1 Å². The Kier molecular flexibility index (Phi) is 5.19. The van der Waals surface area contributed by atoms with Crippen LogP contribution in [0.4, 0.5) is 0 Å². The van der Waals surface area contributed by atoms with E-state index in [0.29, 0.717) is 0 Å². The quantitative estimate of drug-likeness (QED) is 0.636. The molecule has 96 valence electrons. The highest BCUT2D eigenvalue weighted by Gasteiger charge is 2.00. The van der Waals surface area contributed by atoms with Gasteiger partial charge in [-0.25, -0.2) is 4.68 Å². The molecule has 1 heterocycles. The summed E-state index contributed by atoms with van der Waals surface area (Å²) >= 11 is 2.27. The fourth-order valence-corrected chi connectivity index (χ4v) is 2.17. The van der Waals surface area contributed by atoms with Gasteiger partial charge in [0, 0.05) is 12.7 Å². The second-order valence-corrected chi connectivity index (χ2v) is 5.55. The van der Waals surface area contributed by atoms with Gasteiger partial charge in [0.1, 0.15) is 0 Å². The first kappa shape index (κ1) is 13.5. The molecule has 3 nitrogen and oxygen atoms in total. The van der Waals surface area contributed by atoms with Gasteiger partial charge in [-0.2, -0.15) is 5.10 Å². The average molecular weight is 355 g/mol. The van der Waals surface area contributed by atoms with Crippen LogP contribution < -0.4 is 5.32 Å². The standard InChI is InChI=1S/C14H18IN3/c1-2-3-7-16-9-12-5-4-6-14(8-12)18-11-13(15)10-17-18/h4-6,8,10-11,16H,2-3,7,9H2,1H3. The summed E-state index contributed by atoms with van der Waals surface area (Å²) in [7, 11) is 0. The van der Waals surface area contributed by atoms with Crippen molar-refractivity contribution < 1.29 is 0 Å². The molecule has 0 saturated carbocycles. The summed E-state index contributed by atoms with van der Waals surface area (Å²) in [6.07, 6.45) is 6.37. The number of hydrogen-bond donors (Lipinski definition) is 1. The van der Waals surface area contributed by atoms with Crippen molar-refractivity contribution in [3.05, 3.63) is 45.8 Å². The summed E-state index contributed by atoms with van der Waals surface area (Å²) in [6.45, 7) is 4.22. The van der Waals surface area contributed by atoms with Gasteiger partial charge in [0.15, 0.2) is 0 Å². The van der Waals surface area contributed by atoms with Crippen LogP contribution in [0.3, 0.4) is 0 Å². The molecule has 0 bridgehead atoms. The van der Waals surface area contributed by atoms with E-state index in [-0.39, 0.29) is 0 Å². The maximum Gasteiger partial charge on any atom is 0.0649 e. The number of halogens is 1. The molecule has 1 aromatic carbocycles. The normalized spacial score (nSPS) is 10.8. The van der Waals surface area contributed by atoms with Crippen molar-refractivity contribution in [3.8, 4) is 5.69 Å². The van der Waals surface area contributed by atoms with E-state index in [1.54, 1.807) is 0 Å². The number of hydrogen-bond acceptors (Lipinski definition) is 2. The summed E-state index contributed by atoms with van der Waals surface area (Å²) in [5, 5.41) is 7.78. The maximum atomic E-state index is 4.33. The van der Waals surface area contributed by atoms with Crippen molar-refractivity contribution in [2.24, 2.45) is 0 Å². The van der Waals surface area contributed by atoms with E-state index in [4.69, 9.17) is 0 Å². The Morgan fingerprint density at radius 2 is 2.28 bits per heavy atom. The van der Waals surface area contributed by atoms with Crippen molar-refractivity contribution in [3.63, 3.8) is 0 Å². The lowest BCUT2D eigenvalue weighted by Gasteiger charge is -2.06. The molecule has 0 aliphatic carbocycles. The topological polar surface area (TPSA) is 29.9 Å². The molecule has 1 N–H and O–H groups in total. The van der Waals surface area contributed by atoms with E-state index in [2.05, 4.69) is 64.2 Å². The van der Waals surface area contributed by atoms with Gasteiger partial charge in [-0.1, -0.05) is 25.5 Å². The molecule has 0 spiro atoms. The third-order valence-electron chi connectivity index (χ3n) is 2.76. The summed E-state index contributed by atoms with van der Waals surface area (Å²) in [6, 6.07) is 8.50. The smallest absolute Gasteiger partial charge is 0.0649 e. The van der Waals surface area contributed by atoms with Crippen LogP contribution in [0.25, 0.3) is 5.69 Å². The predicted molar refractivity (Wildman–Crippen MR) is 82.9 cm³/mol. The van der Waals surface area contributed by atoms with Crippen LogP contribution in [-0.2, 0) is 6.54 Å². The van der Waals surface area contributed by atoms with Crippen LogP contribution in [-0.4, -0.2) is 16.3 Å². The number of aromatic nitrogens is 2. The van der Waals surface area contributed by atoms with E-state index >= 15 is 0 Å². The van der Waals surface area contributed by atoms with Gasteiger partial charge in [-0.05, 0) is 53.3 Å². The minimum atomic E-state index is 0.923. The maximum absolute atomic E-state index is 4.33. The Hall–Kier alpha value is -0.880. The molecule has 0 aliphatic rings. The molecule has 0 aliphatic heterocycles. The monoisotopic (exact) mass is 355 g/mol. The molecule has 0 amide bonds. The second kappa shape index (κ2) is 6.89. The van der Waals surface area contributed by atoms with Crippen LogP contribution in [0.5, 0.6) is 0 Å². The molecule has 1 aromatic heterocycles. The highest BCUT2D eigenvalue weighted by Crippen LogP contribution is 2.12. The Morgan fingerprint density at radius 1 is 1.39 bits per heavy atom. The molecule has 2 aromatic rings. The molecule has 0 fully saturated rings. The van der Waals surface area contributed by atoms with Gasteiger partial charge in [0.2, 0.25) is 0 Å². The SMILES string of the molecule is CCCCNCc1cccc(-n2cc(I)cn2)c1. The highest BCUT2D eigenvalue weighted by atomic mass is 127. The number of benzene rings is 1. The Bertz CT molecular complexity index is 493. The molecular formula is C14H18IN3. The highest BCUT2D eigenvalue weighted by molar-refractivity contribution is 14.1. The summed E-state index contributed by atoms with van der Waals surface area (Å²) in [5.41, 5.74) is 2.42. The lowest BCUT2D eigenvalue weighted by Crippen LogP contribution is -2.14. The summed E-state index contributed by atoms with van der Waals surface area (Å²) in [5.74, 6) is 0. The van der Waals surface area contributed by atoms with Crippen LogP contribution in [0, 0.1) is 3.57 Å². The van der Waals surface area contributed by atoms with Crippen molar-refractivity contribution >= 4 is 22.6 Å². The third kappa shape index (κ3) is 3.81. The largest absolute Gasteiger partial charge is 0.313 e. The zero-order valence-corrected chi connectivity index (χ0v) is 12.7. The van der Waals surface area contributed by atoms with Gasteiger partial charge < -0.3 is 5.32 Å². The van der Waals surface area contributed by atoms with Crippen molar-refractivity contribution in [2.45, 2.75) is 26.3 Å². The molecule has 0 radical (unpaired) electrons. The van der Waals surface area contributed by atoms with Gasteiger partial charge >= 0.3 is 0 Å². The van der Waals surface area contributed by atoms with Gasteiger partial charge in [0.25, 0.3) is 0 Å². The Morgan fingerprint density at radius 3 is 3.00 bits per heavy atom. The molecular weight excluding hydrogens is 337 g/mol. The molecule has 0 unspecified atom stereocenters. The van der Waals surface area contributed by atoms with Crippen LogP contribution in [0.1, 0.15) is 25.3 Å². The first-order valence-corrected chi connectivity index (χ1v) is 7.37. The number of rotatable bonds is 6. The number of unbranched alkanes of at least 4 members (excludes halogenated alkanes) is 1. The van der Waals surface area contributed by atoms with E-state index in [0.717, 1.165) is 22.3 Å². The Labute approximate surface area is 122 Å². The third-order valence-corrected chi connectivity index (χ3v) is 3.32. The number of nitrogens with zero attached hydrogens (tertiary/aromatic N) is 2. The predicted octanol–water partition coefficient (Wildman–Crippen LogP) is 3.37. The minimum absolute atomic E-state index is 0.923. The first-order valence-electron chi connectivity index (χ1n) is 6.30. The molecule has 4 heteroatoms. The fourth-order valence-electron chi connectivity index (χ4n) is 1.79. The van der Waals surface area contributed by atoms with Gasteiger partial charge in [-0.15, -0.1) is 0 Å². The molecule has 2 rings (SSSR count). The lowest BCUT2D eigenvalue weighted by molar-refractivity contribution is 0.641. The zero-order valence-electron chi connectivity index (χ0n) is 10.6. The van der Waals surface area contributed by atoms with Crippen molar-refractivity contribution in [1.29, 1.82) is 0 Å². The zero-order chi connectivity index (χ0) is 12.8. The van der Waals surface area contributed by atoms with E-state index in [1.807, 2.05) is 17.1 Å². The first-order chi connectivity index (χ1) is 8.79. The molecule has 0 atom stereocenters. The van der Waals surface area contributed by atoms with E-state index in [9.17, 15) is 0 Å². The lowest BCUT2D eigenvalue weighted by atomic mass is 10.2. The minimum Gasteiger partial charge on any atom is -0.313 e. The van der Waals surface area contributed by atoms with E-state index < -0.39 is 0 Å². The van der Waals surface area contributed by atoms with Gasteiger partial charge in [0.05, 0.1) is 15.5 Å². The Balaban J connectivity index is 2.01. The van der Waals surface area contributed by atoms with E-state index in [1.165, 1.54) is 18.4 Å². The summed E-state index contributed by atoms with van der Waals surface area (Å²) in [4.78, 5) is 0. The molecule has 18 heavy (non-hydrogen) atoms. The second-order valence-electron chi connectivity index (χ2n) is 4.30. The van der Waals surface area contributed by atoms with Crippen LogP contribution in [0.2, 0.25) is 0 Å². The fraction of sp³-hybridized carbons (Fsp3) is 0.357. The summed E-state index contributed by atoms with van der Waals surface area (Å²) < 4.78 is 3.07. The van der Waals surface area contributed by atoms with Crippen LogP contribution >= 0.6 is 22.6 Å².